The predicted molar refractivity (Wildman–Crippen MR) is 111 cm³/mol. The number of carbonyl (C=O) groups is 2. The molecule has 3 fully saturated rings. The van der Waals surface area contributed by atoms with E-state index in [1.807, 2.05) is 6.08 Å². The average molecular weight is 402 g/mol. The van der Waals surface area contributed by atoms with Crippen molar-refractivity contribution in [3.05, 3.63) is 16.6 Å². The highest BCUT2D eigenvalue weighted by atomic mass is 16.4. The monoisotopic (exact) mass is 401 g/mol. The predicted octanol–water partition coefficient (Wildman–Crippen LogP) is 5.38. The normalized spacial score (nSPS) is 44.9. The number of nitroso groups, excluding NO2 is 1. The molecule has 160 valence electrons. The van der Waals surface area contributed by atoms with Gasteiger partial charge in [-0.05, 0) is 91.9 Å². The van der Waals surface area contributed by atoms with Crippen molar-refractivity contribution >= 4 is 11.8 Å². The smallest absolute Gasteiger partial charge is 0.303 e. The number of ketones is 1. The fourth-order valence-electron chi connectivity index (χ4n) is 8.00. The SMILES string of the molecule is C[C@H](CCC(=O)O)[C@H]1CCC2C3C(=O)C=C4C[C@H](N=O)CC[C@]4(C)C3CC[C@@]21C. The zero-order valence-corrected chi connectivity index (χ0v) is 18.0. The van der Waals surface area contributed by atoms with E-state index in [1.54, 1.807) is 0 Å². The van der Waals surface area contributed by atoms with Crippen molar-refractivity contribution < 1.29 is 14.7 Å². The van der Waals surface area contributed by atoms with E-state index in [4.69, 9.17) is 5.11 Å². The van der Waals surface area contributed by atoms with Gasteiger partial charge in [-0.15, -0.1) is 0 Å². The van der Waals surface area contributed by atoms with Gasteiger partial charge in [0.1, 0.15) is 0 Å². The molecular weight excluding hydrogens is 366 g/mol. The molecule has 5 heteroatoms. The Bertz CT molecular complexity index is 745. The minimum absolute atomic E-state index is 0.0358. The topological polar surface area (TPSA) is 83.8 Å². The van der Waals surface area contributed by atoms with Gasteiger partial charge in [0, 0.05) is 12.3 Å². The minimum Gasteiger partial charge on any atom is -0.481 e. The van der Waals surface area contributed by atoms with Gasteiger partial charge in [0.15, 0.2) is 5.78 Å². The van der Waals surface area contributed by atoms with Crippen molar-refractivity contribution in [3.8, 4) is 0 Å². The van der Waals surface area contributed by atoms with Crippen LogP contribution >= 0.6 is 0 Å². The van der Waals surface area contributed by atoms with Crippen molar-refractivity contribution in [3.63, 3.8) is 0 Å². The molecule has 8 atom stereocenters. The molecule has 3 unspecified atom stereocenters. The summed E-state index contributed by atoms with van der Waals surface area (Å²) in [4.78, 5) is 35.5. The second kappa shape index (κ2) is 7.31. The van der Waals surface area contributed by atoms with Crippen molar-refractivity contribution in [2.75, 3.05) is 0 Å². The molecule has 0 amide bonds. The van der Waals surface area contributed by atoms with Crippen LogP contribution in [0.1, 0.15) is 78.6 Å². The lowest BCUT2D eigenvalue weighted by atomic mass is 9.46. The lowest BCUT2D eigenvalue weighted by Gasteiger charge is -2.57. The van der Waals surface area contributed by atoms with Crippen LogP contribution in [0.25, 0.3) is 0 Å². The van der Waals surface area contributed by atoms with Crippen LogP contribution in [0.3, 0.4) is 0 Å². The molecule has 4 rings (SSSR count). The third-order valence-electron chi connectivity index (χ3n) is 9.64. The molecule has 4 aliphatic carbocycles. The lowest BCUT2D eigenvalue weighted by Crippen LogP contribution is -2.53. The highest BCUT2D eigenvalue weighted by Gasteiger charge is 2.61. The highest BCUT2D eigenvalue weighted by Crippen LogP contribution is 2.66. The summed E-state index contributed by atoms with van der Waals surface area (Å²) >= 11 is 0. The molecule has 0 aliphatic heterocycles. The van der Waals surface area contributed by atoms with E-state index in [1.165, 1.54) is 5.57 Å². The van der Waals surface area contributed by atoms with Gasteiger partial charge in [-0.3, -0.25) is 9.59 Å². The van der Waals surface area contributed by atoms with E-state index in [0.717, 1.165) is 44.9 Å². The van der Waals surface area contributed by atoms with Gasteiger partial charge >= 0.3 is 5.97 Å². The standard InChI is InChI=1S/C24H35NO4/c1-14(4-7-21(27)28)17-5-6-18-22-19(9-11-24(17,18)3)23(2)10-8-16(25-29)12-15(23)13-20(22)26/h13-14,16-19,22H,4-12H2,1-3H3,(H,27,28)/t14-,16-,17-,18?,19?,22?,23+,24-/m1/s1. The van der Waals surface area contributed by atoms with Crippen LogP contribution in [0.4, 0.5) is 0 Å². The summed E-state index contributed by atoms with van der Waals surface area (Å²) < 4.78 is 0. The summed E-state index contributed by atoms with van der Waals surface area (Å²) in [6.45, 7) is 6.92. The Morgan fingerprint density at radius 1 is 1.21 bits per heavy atom. The van der Waals surface area contributed by atoms with Crippen LogP contribution in [0.2, 0.25) is 0 Å². The third kappa shape index (κ3) is 3.19. The Morgan fingerprint density at radius 2 is 1.97 bits per heavy atom. The van der Waals surface area contributed by atoms with Crippen molar-refractivity contribution in [2.45, 2.75) is 84.6 Å². The third-order valence-corrected chi connectivity index (χ3v) is 9.64. The maximum absolute atomic E-state index is 13.3. The van der Waals surface area contributed by atoms with E-state index in [2.05, 4.69) is 25.9 Å². The molecule has 0 aromatic rings. The molecule has 0 spiro atoms. The highest BCUT2D eigenvalue weighted by molar-refractivity contribution is 5.94. The molecule has 5 nitrogen and oxygen atoms in total. The first-order valence-corrected chi connectivity index (χ1v) is 11.5. The molecule has 0 bridgehead atoms. The van der Waals surface area contributed by atoms with E-state index in [0.29, 0.717) is 30.1 Å². The van der Waals surface area contributed by atoms with Crippen LogP contribution in [0.5, 0.6) is 0 Å². The van der Waals surface area contributed by atoms with Gasteiger partial charge < -0.3 is 5.11 Å². The number of carbonyl (C=O) groups excluding carboxylic acids is 1. The molecule has 1 N–H and O–H groups in total. The van der Waals surface area contributed by atoms with Crippen molar-refractivity contribution in [2.24, 2.45) is 45.6 Å². The first kappa shape index (κ1) is 20.7. The number of fused-ring (bicyclic) bond motifs is 5. The second-order valence-corrected chi connectivity index (χ2v) is 10.9. The number of nitrogens with zero attached hydrogens (tertiary/aromatic N) is 1. The van der Waals surface area contributed by atoms with Crippen LogP contribution < -0.4 is 0 Å². The molecule has 0 radical (unpaired) electrons. The quantitative estimate of drug-likeness (QED) is 0.627. The van der Waals surface area contributed by atoms with Crippen LogP contribution in [-0.2, 0) is 9.59 Å². The summed E-state index contributed by atoms with van der Waals surface area (Å²) in [6.07, 6.45) is 9.72. The number of carboxylic acid groups (broad SMARTS) is 1. The molecule has 0 saturated heterocycles. The van der Waals surface area contributed by atoms with E-state index < -0.39 is 5.97 Å². The number of rotatable bonds is 5. The zero-order valence-electron chi connectivity index (χ0n) is 18.0. The maximum atomic E-state index is 13.3. The van der Waals surface area contributed by atoms with Gasteiger partial charge in [0.2, 0.25) is 0 Å². The van der Waals surface area contributed by atoms with Crippen molar-refractivity contribution in [1.82, 2.24) is 0 Å². The van der Waals surface area contributed by atoms with Gasteiger partial charge in [0.25, 0.3) is 0 Å². The van der Waals surface area contributed by atoms with Gasteiger partial charge in [-0.25, -0.2) is 0 Å². The maximum Gasteiger partial charge on any atom is 0.303 e. The fraction of sp³-hybridized carbons (Fsp3) is 0.833. The largest absolute Gasteiger partial charge is 0.481 e. The molecule has 0 aromatic heterocycles. The molecule has 0 aromatic carbocycles. The van der Waals surface area contributed by atoms with Gasteiger partial charge in [-0.1, -0.05) is 31.5 Å². The Balaban J connectivity index is 1.60. The first-order valence-electron chi connectivity index (χ1n) is 11.5. The van der Waals surface area contributed by atoms with Crippen LogP contribution in [0.15, 0.2) is 16.8 Å². The fourth-order valence-corrected chi connectivity index (χ4v) is 8.00. The van der Waals surface area contributed by atoms with Crippen molar-refractivity contribution in [1.29, 1.82) is 0 Å². The number of aliphatic carboxylic acids is 1. The van der Waals surface area contributed by atoms with Crippen LogP contribution in [-0.4, -0.2) is 22.9 Å². The van der Waals surface area contributed by atoms with E-state index in [9.17, 15) is 14.5 Å². The summed E-state index contributed by atoms with van der Waals surface area (Å²) in [6, 6.07) is -0.168. The summed E-state index contributed by atoms with van der Waals surface area (Å²) in [5.41, 5.74) is 1.35. The minimum atomic E-state index is -0.714. The Hall–Kier alpha value is -1.52. The number of hydrogen-bond acceptors (Lipinski definition) is 4. The summed E-state index contributed by atoms with van der Waals surface area (Å²) in [5.74, 6) is 1.34. The second-order valence-electron chi connectivity index (χ2n) is 10.9. The Kier molecular flexibility index (Phi) is 5.23. The van der Waals surface area contributed by atoms with Gasteiger partial charge in [0.05, 0.1) is 6.04 Å². The number of carboxylic acids is 1. The summed E-state index contributed by atoms with van der Waals surface area (Å²) in [5, 5.41) is 12.4. The molecule has 29 heavy (non-hydrogen) atoms. The average Bonchev–Trinajstić information content (AvgIpc) is 3.03. The molecular formula is C24H35NO4. The molecule has 0 heterocycles. The number of allylic oxidation sites excluding steroid dienone is 1. The van der Waals surface area contributed by atoms with E-state index >= 15 is 0 Å². The zero-order chi connectivity index (χ0) is 21.0. The Labute approximate surface area is 173 Å². The number of hydrogen-bond donors (Lipinski definition) is 1. The molecule has 3 saturated carbocycles. The van der Waals surface area contributed by atoms with E-state index in [-0.39, 0.29) is 35.0 Å². The summed E-state index contributed by atoms with van der Waals surface area (Å²) in [7, 11) is 0. The lowest BCUT2D eigenvalue weighted by molar-refractivity contribution is -0.137. The first-order chi connectivity index (χ1) is 13.7. The van der Waals surface area contributed by atoms with Gasteiger partial charge in [-0.2, -0.15) is 4.91 Å². The Morgan fingerprint density at radius 3 is 2.66 bits per heavy atom. The van der Waals surface area contributed by atoms with Crippen LogP contribution in [0, 0.1) is 45.3 Å². The molecule has 4 aliphatic rings.